The van der Waals surface area contributed by atoms with E-state index in [4.69, 9.17) is 4.98 Å². The monoisotopic (exact) mass is 386 g/mol. The second kappa shape index (κ2) is 7.72. The van der Waals surface area contributed by atoms with Gasteiger partial charge in [-0.2, -0.15) is 0 Å². The van der Waals surface area contributed by atoms with Crippen LogP contribution in [-0.2, 0) is 11.2 Å². The molecule has 0 spiro atoms. The molecule has 136 valence electrons. The Morgan fingerprint density at radius 3 is 2.65 bits per heavy atom. The first-order chi connectivity index (χ1) is 12.4. The summed E-state index contributed by atoms with van der Waals surface area (Å²) in [6, 6.07) is 6.35. The van der Waals surface area contributed by atoms with Crippen molar-refractivity contribution in [3.63, 3.8) is 0 Å². The van der Waals surface area contributed by atoms with E-state index in [0.717, 1.165) is 27.5 Å². The SMILES string of the molecule is CCc1nnc(NC(=O)C(C)Sc2cc(C)c3cc(C)cc(C)c3n2)s1. The number of hydrogen-bond donors (Lipinski definition) is 1. The Bertz CT molecular complexity index is 968. The standard InChI is InChI=1S/C19H22N4OS2/c1-6-15-22-23-19(26-15)21-18(24)13(5)25-16-9-11(3)14-8-10(2)7-12(4)17(14)20-16/h7-9,13H,6H2,1-5H3,(H,21,23,24). The number of amides is 1. The second-order valence-corrected chi connectivity index (χ2v) is 8.78. The highest BCUT2D eigenvalue weighted by molar-refractivity contribution is 8.00. The molecule has 0 fully saturated rings. The Labute approximate surface area is 161 Å². The third-order valence-electron chi connectivity index (χ3n) is 4.10. The molecule has 0 radical (unpaired) electrons. The molecule has 5 nitrogen and oxygen atoms in total. The van der Waals surface area contributed by atoms with Gasteiger partial charge in [0, 0.05) is 5.39 Å². The van der Waals surface area contributed by atoms with E-state index in [-0.39, 0.29) is 11.2 Å². The Morgan fingerprint density at radius 1 is 1.19 bits per heavy atom. The number of nitrogens with zero attached hydrogens (tertiary/aromatic N) is 3. The zero-order valence-corrected chi connectivity index (χ0v) is 17.2. The van der Waals surface area contributed by atoms with E-state index >= 15 is 0 Å². The van der Waals surface area contributed by atoms with Crippen LogP contribution in [0.1, 0.15) is 35.5 Å². The summed E-state index contributed by atoms with van der Waals surface area (Å²) in [6.07, 6.45) is 0.816. The van der Waals surface area contributed by atoms with E-state index in [2.05, 4.69) is 54.5 Å². The van der Waals surface area contributed by atoms with Crippen LogP contribution in [0.5, 0.6) is 0 Å². The van der Waals surface area contributed by atoms with Crippen molar-refractivity contribution in [2.45, 2.75) is 51.3 Å². The minimum absolute atomic E-state index is 0.0889. The Hall–Kier alpha value is -1.99. The van der Waals surface area contributed by atoms with E-state index < -0.39 is 0 Å². The number of benzene rings is 1. The Morgan fingerprint density at radius 2 is 1.96 bits per heavy atom. The lowest BCUT2D eigenvalue weighted by atomic mass is 10.0. The van der Waals surface area contributed by atoms with Crippen molar-refractivity contribution in [3.05, 3.63) is 39.9 Å². The minimum Gasteiger partial charge on any atom is -0.300 e. The van der Waals surface area contributed by atoms with E-state index in [1.165, 1.54) is 39.6 Å². The maximum Gasteiger partial charge on any atom is 0.239 e. The molecule has 2 heterocycles. The Balaban J connectivity index is 1.78. The molecule has 1 atom stereocenters. The summed E-state index contributed by atoms with van der Waals surface area (Å²) in [5, 5.41) is 14.1. The van der Waals surface area contributed by atoms with Gasteiger partial charge in [0.15, 0.2) is 0 Å². The van der Waals surface area contributed by atoms with Gasteiger partial charge in [-0.1, -0.05) is 41.7 Å². The quantitative estimate of drug-likeness (QED) is 0.644. The molecule has 3 rings (SSSR count). The maximum atomic E-state index is 12.5. The largest absolute Gasteiger partial charge is 0.300 e. The first kappa shape index (κ1) is 18.8. The summed E-state index contributed by atoms with van der Waals surface area (Å²) in [5.41, 5.74) is 4.57. The highest BCUT2D eigenvalue weighted by Gasteiger charge is 2.18. The van der Waals surface area contributed by atoms with Crippen LogP contribution in [0, 0.1) is 20.8 Å². The summed E-state index contributed by atoms with van der Waals surface area (Å²) in [5.74, 6) is -0.0889. The number of carbonyl (C=O) groups is 1. The van der Waals surface area contributed by atoms with E-state index in [1.807, 2.05) is 13.8 Å². The van der Waals surface area contributed by atoms with Crippen LogP contribution in [0.25, 0.3) is 10.9 Å². The van der Waals surface area contributed by atoms with Crippen molar-refractivity contribution in [1.82, 2.24) is 15.2 Å². The predicted octanol–water partition coefficient (Wildman–Crippen LogP) is 4.69. The lowest BCUT2D eigenvalue weighted by molar-refractivity contribution is -0.115. The molecule has 0 saturated carbocycles. The average Bonchev–Trinajstić information content (AvgIpc) is 3.03. The molecule has 0 saturated heterocycles. The van der Waals surface area contributed by atoms with Gasteiger partial charge >= 0.3 is 0 Å². The number of aromatic nitrogens is 3. The van der Waals surface area contributed by atoms with Gasteiger partial charge in [0.05, 0.1) is 15.8 Å². The molecule has 0 bridgehead atoms. The third kappa shape index (κ3) is 4.04. The molecule has 26 heavy (non-hydrogen) atoms. The molecule has 3 aromatic rings. The third-order valence-corrected chi connectivity index (χ3v) is 6.10. The van der Waals surface area contributed by atoms with Crippen LogP contribution < -0.4 is 5.32 Å². The highest BCUT2D eigenvalue weighted by atomic mass is 32.2. The summed E-state index contributed by atoms with van der Waals surface area (Å²) in [4.78, 5) is 17.2. The van der Waals surface area contributed by atoms with Crippen molar-refractivity contribution < 1.29 is 4.79 Å². The average molecular weight is 387 g/mol. The molecule has 1 N–H and O–H groups in total. The van der Waals surface area contributed by atoms with Crippen molar-refractivity contribution >= 4 is 45.0 Å². The number of nitrogens with one attached hydrogen (secondary N) is 1. The van der Waals surface area contributed by atoms with E-state index in [9.17, 15) is 4.79 Å². The molecule has 2 aromatic heterocycles. The van der Waals surface area contributed by atoms with Gasteiger partial charge in [-0.3, -0.25) is 10.1 Å². The van der Waals surface area contributed by atoms with Crippen molar-refractivity contribution in [2.24, 2.45) is 0 Å². The number of rotatable bonds is 5. The second-order valence-electron chi connectivity index (χ2n) is 6.36. The van der Waals surface area contributed by atoms with Crippen LogP contribution in [0.15, 0.2) is 23.2 Å². The molecule has 1 amide bonds. The summed E-state index contributed by atoms with van der Waals surface area (Å²) < 4.78 is 0. The van der Waals surface area contributed by atoms with Crippen molar-refractivity contribution in [3.8, 4) is 0 Å². The van der Waals surface area contributed by atoms with Crippen molar-refractivity contribution in [1.29, 1.82) is 0 Å². The number of carbonyl (C=O) groups excluding carboxylic acids is 1. The van der Waals surface area contributed by atoms with Crippen LogP contribution in [0.2, 0.25) is 0 Å². The first-order valence-corrected chi connectivity index (χ1v) is 10.3. The number of pyridine rings is 1. The number of hydrogen-bond acceptors (Lipinski definition) is 6. The van der Waals surface area contributed by atoms with Gasteiger partial charge < -0.3 is 0 Å². The van der Waals surface area contributed by atoms with Crippen molar-refractivity contribution in [2.75, 3.05) is 5.32 Å². The molecule has 7 heteroatoms. The summed E-state index contributed by atoms with van der Waals surface area (Å²) >= 11 is 2.87. The number of aryl methyl sites for hydroxylation is 4. The lowest BCUT2D eigenvalue weighted by Crippen LogP contribution is -2.22. The van der Waals surface area contributed by atoms with Crippen LogP contribution in [0.3, 0.4) is 0 Å². The van der Waals surface area contributed by atoms with Crippen LogP contribution >= 0.6 is 23.1 Å². The van der Waals surface area contributed by atoms with E-state index in [1.54, 1.807) is 0 Å². The number of fused-ring (bicyclic) bond motifs is 1. The molecule has 0 aliphatic rings. The predicted molar refractivity (Wildman–Crippen MR) is 109 cm³/mol. The van der Waals surface area contributed by atoms with Gasteiger partial charge in [0.1, 0.15) is 5.01 Å². The minimum atomic E-state index is -0.279. The lowest BCUT2D eigenvalue weighted by Gasteiger charge is -2.13. The number of anilines is 1. The van der Waals surface area contributed by atoms with Crippen LogP contribution in [-0.4, -0.2) is 26.3 Å². The number of thioether (sulfide) groups is 1. The molecule has 0 aliphatic carbocycles. The first-order valence-electron chi connectivity index (χ1n) is 8.56. The normalized spacial score (nSPS) is 12.3. The molecular formula is C19H22N4OS2. The highest BCUT2D eigenvalue weighted by Crippen LogP contribution is 2.29. The van der Waals surface area contributed by atoms with Gasteiger partial charge in [0.2, 0.25) is 11.0 Å². The fourth-order valence-corrected chi connectivity index (χ4v) is 4.36. The molecule has 1 aromatic carbocycles. The zero-order valence-electron chi connectivity index (χ0n) is 15.6. The Kier molecular flexibility index (Phi) is 5.58. The zero-order chi connectivity index (χ0) is 18.8. The smallest absolute Gasteiger partial charge is 0.239 e. The van der Waals surface area contributed by atoms with Gasteiger partial charge in [-0.05, 0) is 57.4 Å². The van der Waals surface area contributed by atoms with Crippen LogP contribution in [0.4, 0.5) is 5.13 Å². The molecular weight excluding hydrogens is 364 g/mol. The summed E-state index contributed by atoms with van der Waals surface area (Å²) in [6.45, 7) is 10.2. The van der Waals surface area contributed by atoms with E-state index in [0.29, 0.717) is 5.13 Å². The van der Waals surface area contributed by atoms with Gasteiger partial charge in [-0.25, -0.2) is 4.98 Å². The van der Waals surface area contributed by atoms with Gasteiger partial charge in [0.25, 0.3) is 0 Å². The fourth-order valence-electron chi connectivity index (χ4n) is 2.76. The molecule has 0 aliphatic heterocycles. The fraction of sp³-hybridized carbons (Fsp3) is 0.368. The summed E-state index contributed by atoms with van der Waals surface area (Å²) in [7, 11) is 0. The molecule has 1 unspecified atom stereocenters. The maximum absolute atomic E-state index is 12.5. The van der Waals surface area contributed by atoms with Gasteiger partial charge in [-0.15, -0.1) is 10.2 Å². The topological polar surface area (TPSA) is 67.8 Å².